The molecule has 1 amide bonds. The van der Waals surface area contributed by atoms with Crippen LogP contribution in [0.25, 0.3) is 0 Å². The number of hydrogen-bond acceptors (Lipinski definition) is 3. The van der Waals surface area contributed by atoms with Gasteiger partial charge < -0.3 is 15.8 Å². The van der Waals surface area contributed by atoms with Crippen LogP contribution in [-0.2, 0) is 9.53 Å². The van der Waals surface area contributed by atoms with Crippen molar-refractivity contribution in [3.8, 4) is 0 Å². The number of nitrogens with two attached hydrogens (primary N) is 1. The van der Waals surface area contributed by atoms with Crippen LogP contribution >= 0.6 is 15.9 Å². The van der Waals surface area contributed by atoms with E-state index in [1.54, 1.807) is 7.11 Å². The number of ether oxygens (including phenoxy) is 1. The van der Waals surface area contributed by atoms with Crippen molar-refractivity contribution >= 4 is 27.5 Å². The predicted octanol–water partition coefficient (Wildman–Crippen LogP) is 2.42. The number of hydrogen-bond donors (Lipinski definition) is 2. The first-order valence-corrected chi connectivity index (χ1v) is 6.45. The van der Waals surface area contributed by atoms with Gasteiger partial charge in [0.25, 0.3) is 0 Å². The first-order valence-electron chi connectivity index (χ1n) is 5.65. The molecule has 106 valence electrons. The lowest BCUT2D eigenvalue weighted by molar-refractivity contribution is -0.117. The molecule has 0 aliphatic heterocycles. The highest BCUT2D eigenvalue weighted by molar-refractivity contribution is 9.10. The van der Waals surface area contributed by atoms with Crippen LogP contribution in [0.2, 0.25) is 0 Å². The molecule has 1 unspecified atom stereocenters. The monoisotopic (exact) mass is 336 g/mol. The van der Waals surface area contributed by atoms with Crippen LogP contribution in [-0.4, -0.2) is 25.7 Å². The summed E-state index contributed by atoms with van der Waals surface area (Å²) in [5.74, 6) is -2.11. The van der Waals surface area contributed by atoms with Crippen LogP contribution in [0.15, 0.2) is 16.6 Å². The Hall–Kier alpha value is -1.05. The highest BCUT2D eigenvalue weighted by Gasteiger charge is 2.17. The third-order valence-electron chi connectivity index (χ3n) is 2.46. The van der Waals surface area contributed by atoms with Crippen LogP contribution in [0.5, 0.6) is 0 Å². The molecule has 0 radical (unpaired) electrons. The first-order chi connectivity index (χ1) is 8.95. The number of nitrogens with one attached hydrogen (secondary N) is 1. The maximum atomic E-state index is 13.5. The first kappa shape index (κ1) is 16.0. The zero-order chi connectivity index (χ0) is 14.4. The molecule has 0 fully saturated rings. The van der Waals surface area contributed by atoms with Crippen LogP contribution in [0.3, 0.4) is 0 Å². The fourth-order valence-corrected chi connectivity index (χ4v) is 1.96. The Morgan fingerprint density at radius 1 is 1.53 bits per heavy atom. The second kappa shape index (κ2) is 7.52. The fourth-order valence-electron chi connectivity index (χ4n) is 1.46. The summed E-state index contributed by atoms with van der Waals surface area (Å²) in [6, 6.07) is 0.984. The Balaban J connectivity index is 2.66. The zero-order valence-corrected chi connectivity index (χ0v) is 12.0. The van der Waals surface area contributed by atoms with Crippen molar-refractivity contribution in [2.24, 2.45) is 5.73 Å². The van der Waals surface area contributed by atoms with E-state index < -0.39 is 23.6 Å². The average Bonchev–Trinajstić information content (AvgIpc) is 2.33. The molecule has 0 spiro atoms. The molecule has 7 heteroatoms. The van der Waals surface area contributed by atoms with E-state index in [0.717, 1.165) is 6.07 Å². The molecule has 4 nitrogen and oxygen atoms in total. The lowest BCUT2D eigenvalue weighted by Gasteiger charge is -2.13. The summed E-state index contributed by atoms with van der Waals surface area (Å²) < 4.78 is 31.4. The van der Waals surface area contributed by atoms with Crippen molar-refractivity contribution in [3.63, 3.8) is 0 Å². The zero-order valence-electron chi connectivity index (χ0n) is 10.4. The molecular weight excluding hydrogens is 322 g/mol. The summed E-state index contributed by atoms with van der Waals surface area (Å²) in [7, 11) is 1.55. The van der Waals surface area contributed by atoms with E-state index in [1.165, 1.54) is 0 Å². The number of carbonyl (C=O) groups is 1. The van der Waals surface area contributed by atoms with Gasteiger partial charge in [0, 0.05) is 24.3 Å². The third-order valence-corrected chi connectivity index (χ3v) is 3.08. The maximum Gasteiger partial charge on any atom is 0.241 e. The van der Waals surface area contributed by atoms with Crippen molar-refractivity contribution in [2.75, 3.05) is 19.0 Å². The molecule has 0 bridgehead atoms. The second-order valence-corrected chi connectivity index (χ2v) is 4.83. The van der Waals surface area contributed by atoms with Gasteiger partial charge in [0.15, 0.2) is 5.82 Å². The van der Waals surface area contributed by atoms with Crippen molar-refractivity contribution in [1.29, 1.82) is 0 Å². The molecular formula is C12H15BrF2N2O2. The van der Waals surface area contributed by atoms with Gasteiger partial charge in [-0.1, -0.05) is 0 Å². The number of amides is 1. The number of methoxy groups -OCH3 is 1. The molecule has 1 aromatic rings. The lowest BCUT2D eigenvalue weighted by Crippen LogP contribution is -2.36. The smallest absolute Gasteiger partial charge is 0.241 e. The van der Waals surface area contributed by atoms with E-state index in [0.29, 0.717) is 25.5 Å². The summed E-state index contributed by atoms with van der Waals surface area (Å²) in [4.78, 5) is 11.7. The number of rotatable bonds is 6. The van der Waals surface area contributed by atoms with Gasteiger partial charge in [0.1, 0.15) is 5.82 Å². The molecule has 1 rings (SSSR count). The average molecular weight is 337 g/mol. The van der Waals surface area contributed by atoms with Gasteiger partial charge in [0.05, 0.1) is 11.7 Å². The van der Waals surface area contributed by atoms with E-state index in [-0.39, 0.29) is 10.2 Å². The van der Waals surface area contributed by atoms with Crippen LogP contribution in [0.4, 0.5) is 14.5 Å². The molecule has 1 atom stereocenters. The molecule has 0 aliphatic rings. The summed E-state index contributed by atoms with van der Waals surface area (Å²) in [6.45, 7) is 0.496. The minimum atomic E-state index is -0.857. The quantitative estimate of drug-likeness (QED) is 0.784. The highest BCUT2D eigenvalue weighted by Crippen LogP contribution is 2.26. The summed E-state index contributed by atoms with van der Waals surface area (Å²) in [6.07, 6.45) is 1.04. The summed E-state index contributed by atoms with van der Waals surface area (Å²) >= 11 is 2.98. The Bertz CT molecular complexity index is 434. The van der Waals surface area contributed by atoms with Gasteiger partial charge in [0.2, 0.25) is 5.91 Å². The van der Waals surface area contributed by atoms with Gasteiger partial charge in [-0.2, -0.15) is 0 Å². The summed E-state index contributed by atoms with van der Waals surface area (Å²) in [5, 5.41) is 2.34. The van der Waals surface area contributed by atoms with Crippen molar-refractivity contribution < 1.29 is 18.3 Å². The Kier molecular flexibility index (Phi) is 6.33. The fraction of sp³-hybridized carbons (Fsp3) is 0.417. The van der Waals surface area contributed by atoms with E-state index in [9.17, 15) is 13.6 Å². The maximum absolute atomic E-state index is 13.5. The third kappa shape index (κ3) is 4.85. The Morgan fingerprint density at radius 2 is 2.21 bits per heavy atom. The van der Waals surface area contributed by atoms with Gasteiger partial charge >= 0.3 is 0 Å². The molecule has 0 aromatic heterocycles. The van der Waals surface area contributed by atoms with E-state index in [2.05, 4.69) is 21.2 Å². The van der Waals surface area contributed by atoms with Crippen molar-refractivity contribution in [2.45, 2.75) is 18.9 Å². The molecule has 1 aromatic carbocycles. The molecule has 19 heavy (non-hydrogen) atoms. The normalized spacial score (nSPS) is 12.3. The second-order valence-electron chi connectivity index (χ2n) is 3.98. The highest BCUT2D eigenvalue weighted by atomic mass is 79.9. The van der Waals surface area contributed by atoms with Gasteiger partial charge in [-0.15, -0.1) is 0 Å². The number of benzene rings is 1. The lowest BCUT2D eigenvalue weighted by atomic mass is 10.1. The summed E-state index contributed by atoms with van der Waals surface area (Å²) in [5.41, 5.74) is 5.54. The van der Waals surface area contributed by atoms with Gasteiger partial charge in [-0.05, 0) is 34.8 Å². The SMILES string of the molecule is COCCCC(N)C(=O)Nc1c(F)cc(F)cc1Br. The van der Waals surface area contributed by atoms with E-state index in [1.807, 2.05) is 0 Å². The van der Waals surface area contributed by atoms with Gasteiger partial charge in [-0.25, -0.2) is 8.78 Å². The minimum Gasteiger partial charge on any atom is -0.385 e. The number of halogens is 3. The largest absolute Gasteiger partial charge is 0.385 e. The molecule has 0 heterocycles. The predicted molar refractivity (Wildman–Crippen MR) is 71.8 cm³/mol. The van der Waals surface area contributed by atoms with Crippen LogP contribution in [0, 0.1) is 11.6 Å². The molecule has 0 saturated carbocycles. The van der Waals surface area contributed by atoms with E-state index >= 15 is 0 Å². The van der Waals surface area contributed by atoms with E-state index in [4.69, 9.17) is 10.5 Å². The van der Waals surface area contributed by atoms with Crippen LogP contribution in [0.1, 0.15) is 12.8 Å². The Labute approximate surface area is 118 Å². The van der Waals surface area contributed by atoms with Crippen molar-refractivity contribution in [1.82, 2.24) is 0 Å². The van der Waals surface area contributed by atoms with Gasteiger partial charge in [-0.3, -0.25) is 4.79 Å². The molecule has 0 saturated heterocycles. The Morgan fingerprint density at radius 3 is 2.79 bits per heavy atom. The molecule has 3 N–H and O–H groups in total. The van der Waals surface area contributed by atoms with Crippen LogP contribution < -0.4 is 11.1 Å². The standard InChI is InChI=1S/C12H15BrF2N2O2/c1-19-4-2-3-10(16)12(18)17-11-8(13)5-7(14)6-9(11)15/h5-6,10H,2-4,16H2,1H3,(H,17,18). The number of carbonyl (C=O) groups excluding carboxylic acids is 1. The minimum absolute atomic E-state index is 0.117. The number of anilines is 1. The van der Waals surface area contributed by atoms with Crippen molar-refractivity contribution in [3.05, 3.63) is 28.2 Å². The topological polar surface area (TPSA) is 64.3 Å². The molecule has 0 aliphatic carbocycles.